The predicted molar refractivity (Wildman–Crippen MR) is 91.2 cm³/mol. The minimum Gasteiger partial charge on any atom is -0.497 e. The Labute approximate surface area is 143 Å². The van der Waals surface area contributed by atoms with Crippen molar-refractivity contribution in [2.75, 3.05) is 40.5 Å². The van der Waals surface area contributed by atoms with E-state index in [1.165, 1.54) is 0 Å². The molecule has 2 fully saturated rings. The fourth-order valence-electron chi connectivity index (χ4n) is 3.80. The number of hydrogen-bond donors (Lipinski definition) is 0. The second kappa shape index (κ2) is 7.53. The van der Waals surface area contributed by atoms with Crippen LogP contribution in [0.15, 0.2) is 24.3 Å². The molecule has 0 N–H and O–H groups in total. The molecule has 2 aliphatic heterocycles. The molecular weight excluding hydrogens is 306 g/mol. The van der Waals surface area contributed by atoms with E-state index in [2.05, 4.69) is 0 Å². The van der Waals surface area contributed by atoms with Crippen LogP contribution in [0.1, 0.15) is 24.8 Å². The van der Waals surface area contributed by atoms with E-state index >= 15 is 0 Å². The lowest BCUT2D eigenvalue weighted by Gasteiger charge is -2.38. The number of piperidine rings is 1. The Morgan fingerprint density at radius 1 is 1.25 bits per heavy atom. The van der Waals surface area contributed by atoms with Crippen molar-refractivity contribution >= 4 is 5.91 Å². The highest BCUT2D eigenvalue weighted by Crippen LogP contribution is 2.42. The quantitative estimate of drug-likeness (QED) is 0.829. The van der Waals surface area contributed by atoms with E-state index in [9.17, 15) is 4.79 Å². The van der Waals surface area contributed by atoms with Gasteiger partial charge in [-0.1, -0.05) is 12.1 Å². The summed E-state index contributed by atoms with van der Waals surface area (Å²) in [6.07, 6.45) is 3.79. The average molecular weight is 333 g/mol. The Balaban J connectivity index is 1.50. The van der Waals surface area contributed by atoms with Gasteiger partial charge < -0.3 is 19.1 Å². The fourth-order valence-corrected chi connectivity index (χ4v) is 3.80. The number of carbonyl (C=O) groups is 1. The first-order valence-corrected chi connectivity index (χ1v) is 8.65. The summed E-state index contributed by atoms with van der Waals surface area (Å²) in [5.74, 6) is 1.03. The van der Waals surface area contributed by atoms with Crippen LogP contribution in [0.4, 0.5) is 0 Å². The van der Waals surface area contributed by atoms with E-state index in [1.807, 2.05) is 29.2 Å². The van der Waals surface area contributed by atoms with Gasteiger partial charge in [-0.15, -0.1) is 0 Å². The summed E-state index contributed by atoms with van der Waals surface area (Å²) < 4.78 is 16.2. The molecule has 2 saturated heterocycles. The number of methoxy groups -OCH3 is 2. The lowest BCUT2D eigenvalue weighted by atomic mass is 9.76. The molecule has 1 atom stereocenters. The third-order valence-corrected chi connectivity index (χ3v) is 5.33. The molecule has 1 aromatic rings. The van der Waals surface area contributed by atoms with Gasteiger partial charge in [-0.2, -0.15) is 0 Å². The first-order chi connectivity index (χ1) is 11.6. The van der Waals surface area contributed by atoms with Crippen LogP contribution in [-0.2, 0) is 20.7 Å². The van der Waals surface area contributed by atoms with Crippen LogP contribution < -0.4 is 4.74 Å². The van der Waals surface area contributed by atoms with Crippen molar-refractivity contribution < 1.29 is 19.0 Å². The number of amides is 1. The van der Waals surface area contributed by atoms with Crippen molar-refractivity contribution in [1.82, 2.24) is 4.90 Å². The topological polar surface area (TPSA) is 48.0 Å². The highest BCUT2D eigenvalue weighted by Gasteiger charge is 2.42. The normalized spacial score (nSPS) is 22.8. The van der Waals surface area contributed by atoms with Crippen LogP contribution in [-0.4, -0.2) is 57.4 Å². The molecule has 0 saturated carbocycles. The van der Waals surface area contributed by atoms with E-state index in [0.29, 0.717) is 13.0 Å². The maximum Gasteiger partial charge on any atom is 0.226 e. The maximum atomic E-state index is 12.5. The largest absolute Gasteiger partial charge is 0.497 e. The summed E-state index contributed by atoms with van der Waals surface area (Å²) >= 11 is 0. The van der Waals surface area contributed by atoms with Gasteiger partial charge in [0.05, 0.1) is 32.8 Å². The molecule has 5 heteroatoms. The number of rotatable bonds is 5. The van der Waals surface area contributed by atoms with Gasteiger partial charge in [0.25, 0.3) is 0 Å². The van der Waals surface area contributed by atoms with Crippen molar-refractivity contribution in [3.8, 4) is 5.75 Å². The van der Waals surface area contributed by atoms with Crippen LogP contribution in [0, 0.1) is 5.41 Å². The van der Waals surface area contributed by atoms with Crippen LogP contribution in [0.3, 0.4) is 0 Å². The molecule has 3 rings (SSSR count). The van der Waals surface area contributed by atoms with Crippen LogP contribution >= 0.6 is 0 Å². The SMILES string of the molecule is COC[C@H]1CC2(CCN(C(=O)Cc3ccc(OC)cc3)CC2)CO1. The van der Waals surface area contributed by atoms with E-state index in [-0.39, 0.29) is 17.4 Å². The van der Waals surface area contributed by atoms with Crippen LogP contribution in [0.2, 0.25) is 0 Å². The van der Waals surface area contributed by atoms with Gasteiger partial charge in [-0.05, 0) is 42.4 Å². The van der Waals surface area contributed by atoms with E-state index < -0.39 is 0 Å². The molecule has 1 aromatic carbocycles. The lowest BCUT2D eigenvalue weighted by molar-refractivity contribution is -0.132. The molecule has 0 aliphatic carbocycles. The van der Waals surface area contributed by atoms with Gasteiger partial charge in [-0.3, -0.25) is 4.79 Å². The minimum absolute atomic E-state index is 0.211. The van der Waals surface area contributed by atoms with Gasteiger partial charge in [-0.25, -0.2) is 0 Å². The predicted octanol–water partition coefficient (Wildman–Crippen LogP) is 2.28. The molecule has 0 unspecified atom stereocenters. The van der Waals surface area contributed by atoms with Gasteiger partial charge >= 0.3 is 0 Å². The monoisotopic (exact) mass is 333 g/mol. The molecule has 0 bridgehead atoms. The highest BCUT2D eigenvalue weighted by molar-refractivity contribution is 5.78. The zero-order valence-corrected chi connectivity index (χ0v) is 14.6. The molecule has 2 aliphatic rings. The van der Waals surface area contributed by atoms with Crippen molar-refractivity contribution in [3.63, 3.8) is 0 Å². The summed E-state index contributed by atoms with van der Waals surface area (Å²) in [4.78, 5) is 14.5. The average Bonchev–Trinajstić information content (AvgIpc) is 2.99. The second-order valence-electron chi connectivity index (χ2n) is 7.00. The van der Waals surface area contributed by atoms with E-state index in [0.717, 1.165) is 50.3 Å². The molecule has 1 amide bonds. The number of hydrogen-bond acceptors (Lipinski definition) is 4. The lowest BCUT2D eigenvalue weighted by Crippen LogP contribution is -2.44. The Bertz CT molecular complexity index is 549. The van der Waals surface area contributed by atoms with Crippen molar-refractivity contribution in [2.24, 2.45) is 5.41 Å². The Morgan fingerprint density at radius 2 is 1.96 bits per heavy atom. The number of carbonyl (C=O) groups excluding carboxylic acids is 1. The summed E-state index contributed by atoms with van der Waals surface area (Å²) in [5.41, 5.74) is 1.28. The number of nitrogens with zero attached hydrogens (tertiary/aromatic N) is 1. The van der Waals surface area contributed by atoms with Gasteiger partial charge in [0.1, 0.15) is 5.75 Å². The minimum atomic E-state index is 0.211. The maximum absolute atomic E-state index is 12.5. The zero-order valence-electron chi connectivity index (χ0n) is 14.6. The molecule has 24 heavy (non-hydrogen) atoms. The molecule has 1 spiro atoms. The first-order valence-electron chi connectivity index (χ1n) is 8.65. The Morgan fingerprint density at radius 3 is 2.58 bits per heavy atom. The Kier molecular flexibility index (Phi) is 5.41. The zero-order chi connectivity index (χ0) is 17.0. The third kappa shape index (κ3) is 3.90. The van der Waals surface area contributed by atoms with Gasteiger partial charge in [0.2, 0.25) is 5.91 Å². The van der Waals surface area contributed by atoms with Gasteiger partial charge in [0, 0.05) is 20.2 Å². The summed E-state index contributed by atoms with van der Waals surface area (Å²) in [7, 11) is 3.36. The molecule has 2 heterocycles. The van der Waals surface area contributed by atoms with Crippen molar-refractivity contribution in [3.05, 3.63) is 29.8 Å². The van der Waals surface area contributed by atoms with E-state index in [4.69, 9.17) is 14.2 Å². The molecule has 0 radical (unpaired) electrons. The van der Waals surface area contributed by atoms with Crippen LogP contribution in [0.25, 0.3) is 0 Å². The summed E-state index contributed by atoms with van der Waals surface area (Å²) in [5, 5.41) is 0. The van der Waals surface area contributed by atoms with Crippen molar-refractivity contribution in [2.45, 2.75) is 31.8 Å². The molecule has 132 valence electrons. The van der Waals surface area contributed by atoms with E-state index in [1.54, 1.807) is 14.2 Å². The Hall–Kier alpha value is -1.59. The van der Waals surface area contributed by atoms with Gasteiger partial charge in [0.15, 0.2) is 0 Å². The van der Waals surface area contributed by atoms with Crippen molar-refractivity contribution in [1.29, 1.82) is 0 Å². The summed E-state index contributed by atoms with van der Waals surface area (Å²) in [6, 6.07) is 7.73. The second-order valence-corrected chi connectivity index (χ2v) is 7.00. The summed E-state index contributed by atoms with van der Waals surface area (Å²) in [6.45, 7) is 3.14. The molecular formula is C19H27NO4. The third-order valence-electron chi connectivity index (χ3n) is 5.33. The molecule has 0 aromatic heterocycles. The number of benzene rings is 1. The fraction of sp³-hybridized carbons (Fsp3) is 0.632. The standard InChI is InChI=1S/C19H27NO4/c1-22-13-17-12-19(14-24-17)7-9-20(10-8-19)18(21)11-15-3-5-16(23-2)6-4-15/h3-6,17H,7-14H2,1-2H3/t17-/m1/s1. The number of likely N-dealkylation sites (tertiary alicyclic amines) is 1. The number of ether oxygens (including phenoxy) is 3. The smallest absolute Gasteiger partial charge is 0.226 e. The highest BCUT2D eigenvalue weighted by atomic mass is 16.5. The van der Waals surface area contributed by atoms with Crippen LogP contribution in [0.5, 0.6) is 5.75 Å². The first kappa shape index (κ1) is 17.2. The molecule has 5 nitrogen and oxygen atoms in total.